The SMILES string of the molecule is CC(=O)N1CCC(c2ccc(NC(=O)c3ncc(C#N)[nH]3)c(C3=CCC(C)(C)CC3)c2)(N(C)C)CC1. The monoisotopic (exact) mass is 488 g/mol. The average molecular weight is 489 g/mol. The molecule has 1 aromatic carbocycles. The number of amides is 2. The lowest BCUT2D eigenvalue weighted by molar-refractivity contribution is -0.131. The molecule has 4 rings (SSSR count). The number of H-pyrrole nitrogens is 1. The van der Waals surface area contributed by atoms with E-state index in [0.29, 0.717) is 0 Å². The van der Waals surface area contributed by atoms with Crippen LogP contribution in [0.4, 0.5) is 5.69 Å². The van der Waals surface area contributed by atoms with Crippen molar-refractivity contribution in [3.05, 3.63) is 53.1 Å². The summed E-state index contributed by atoms with van der Waals surface area (Å²) in [6.07, 6.45) is 8.35. The third kappa shape index (κ3) is 5.07. The van der Waals surface area contributed by atoms with Gasteiger partial charge in [-0.15, -0.1) is 0 Å². The van der Waals surface area contributed by atoms with E-state index in [4.69, 9.17) is 5.26 Å². The molecule has 8 heteroatoms. The fourth-order valence-corrected chi connectivity index (χ4v) is 5.39. The summed E-state index contributed by atoms with van der Waals surface area (Å²) in [5.74, 6) is -0.144. The topological polar surface area (TPSA) is 105 Å². The molecule has 0 unspecified atom stereocenters. The first-order valence-electron chi connectivity index (χ1n) is 12.6. The molecular weight excluding hydrogens is 452 g/mol. The van der Waals surface area contributed by atoms with E-state index in [-0.39, 0.29) is 34.3 Å². The van der Waals surface area contributed by atoms with Crippen molar-refractivity contribution >= 4 is 23.1 Å². The molecule has 0 radical (unpaired) electrons. The Morgan fingerprint density at radius 2 is 1.92 bits per heavy atom. The highest BCUT2D eigenvalue weighted by atomic mass is 16.2. The molecule has 2 N–H and O–H groups in total. The first-order chi connectivity index (χ1) is 17.0. The van der Waals surface area contributed by atoms with Crippen LogP contribution in [0.3, 0.4) is 0 Å². The van der Waals surface area contributed by atoms with Crippen LogP contribution >= 0.6 is 0 Å². The Labute approximate surface area is 213 Å². The second-order valence-electron chi connectivity index (χ2n) is 11.0. The highest BCUT2D eigenvalue weighted by Crippen LogP contribution is 2.43. The van der Waals surface area contributed by atoms with Gasteiger partial charge in [0.2, 0.25) is 5.91 Å². The Bertz CT molecular complexity index is 1220. The maximum Gasteiger partial charge on any atom is 0.291 e. The second kappa shape index (κ2) is 9.90. The number of piperidine rings is 1. The predicted octanol–water partition coefficient (Wildman–Crippen LogP) is 4.53. The van der Waals surface area contributed by atoms with Crippen LogP contribution in [0, 0.1) is 16.7 Å². The zero-order valence-corrected chi connectivity index (χ0v) is 21.9. The lowest BCUT2D eigenvalue weighted by atomic mass is 9.75. The fraction of sp³-hybridized carbons (Fsp3) is 0.500. The summed E-state index contributed by atoms with van der Waals surface area (Å²) >= 11 is 0. The molecule has 1 saturated heterocycles. The number of nitriles is 1. The number of hydrogen-bond donors (Lipinski definition) is 2. The minimum Gasteiger partial charge on any atom is -0.343 e. The average Bonchev–Trinajstić information content (AvgIpc) is 3.34. The maximum atomic E-state index is 13.0. The summed E-state index contributed by atoms with van der Waals surface area (Å²) in [7, 11) is 4.20. The van der Waals surface area contributed by atoms with Crippen molar-refractivity contribution < 1.29 is 9.59 Å². The van der Waals surface area contributed by atoms with E-state index in [0.717, 1.165) is 56.4 Å². The van der Waals surface area contributed by atoms with Gasteiger partial charge in [0.15, 0.2) is 5.82 Å². The summed E-state index contributed by atoms with van der Waals surface area (Å²) in [5.41, 5.74) is 4.51. The number of likely N-dealkylation sites (tertiary alicyclic amines) is 1. The van der Waals surface area contributed by atoms with Gasteiger partial charge in [-0.2, -0.15) is 5.26 Å². The van der Waals surface area contributed by atoms with Gasteiger partial charge >= 0.3 is 0 Å². The van der Waals surface area contributed by atoms with E-state index in [2.05, 4.69) is 66.3 Å². The quantitative estimate of drug-likeness (QED) is 0.644. The lowest BCUT2D eigenvalue weighted by Gasteiger charge is -2.46. The molecule has 0 spiro atoms. The van der Waals surface area contributed by atoms with Gasteiger partial charge < -0.3 is 15.2 Å². The molecule has 2 amide bonds. The first kappa shape index (κ1) is 25.6. The van der Waals surface area contributed by atoms with E-state index < -0.39 is 0 Å². The van der Waals surface area contributed by atoms with Crippen molar-refractivity contribution in [2.24, 2.45) is 5.41 Å². The van der Waals surface area contributed by atoms with Crippen molar-refractivity contribution in [2.45, 2.75) is 58.4 Å². The minimum absolute atomic E-state index is 0.113. The van der Waals surface area contributed by atoms with E-state index in [1.807, 2.05) is 17.0 Å². The number of rotatable bonds is 5. The van der Waals surface area contributed by atoms with Crippen molar-refractivity contribution in [2.75, 3.05) is 32.5 Å². The highest BCUT2D eigenvalue weighted by Gasteiger charge is 2.39. The third-order valence-electron chi connectivity index (χ3n) is 7.93. The summed E-state index contributed by atoms with van der Waals surface area (Å²) in [4.78, 5) is 35.9. The minimum atomic E-state index is -0.376. The van der Waals surface area contributed by atoms with E-state index in [1.54, 1.807) is 6.92 Å². The van der Waals surface area contributed by atoms with Crippen LogP contribution in [0.5, 0.6) is 0 Å². The number of carbonyl (C=O) groups excluding carboxylic acids is 2. The number of benzene rings is 1. The molecule has 1 aromatic heterocycles. The molecule has 0 bridgehead atoms. The lowest BCUT2D eigenvalue weighted by Crippen LogP contribution is -2.51. The van der Waals surface area contributed by atoms with Crippen molar-refractivity contribution in [3.63, 3.8) is 0 Å². The van der Waals surface area contributed by atoms with Gasteiger partial charge in [0.1, 0.15) is 11.8 Å². The van der Waals surface area contributed by atoms with Crippen molar-refractivity contribution in [3.8, 4) is 6.07 Å². The Balaban J connectivity index is 1.72. The predicted molar refractivity (Wildman–Crippen MR) is 140 cm³/mol. The van der Waals surface area contributed by atoms with Gasteiger partial charge in [0.25, 0.3) is 5.91 Å². The number of imidazole rings is 1. The van der Waals surface area contributed by atoms with Crippen LogP contribution in [0.2, 0.25) is 0 Å². The van der Waals surface area contributed by atoms with Crippen LogP contribution in [-0.2, 0) is 10.3 Å². The molecule has 36 heavy (non-hydrogen) atoms. The summed E-state index contributed by atoms with van der Waals surface area (Å²) in [6.45, 7) is 7.64. The molecule has 2 aliphatic rings. The normalized spacial score (nSPS) is 18.9. The van der Waals surface area contributed by atoms with Gasteiger partial charge in [-0.3, -0.25) is 14.5 Å². The molecule has 8 nitrogen and oxygen atoms in total. The molecule has 2 aromatic rings. The first-order valence-corrected chi connectivity index (χ1v) is 12.6. The number of carbonyl (C=O) groups is 2. The molecule has 0 saturated carbocycles. The number of aromatic nitrogens is 2. The number of nitrogens with zero attached hydrogens (tertiary/aromatic N) is 4. The fourth-order valence-electron chi connectivity index (χ4n) is 5.39. The van der Waals surface area contributed by atoms with Crippen LogP contribution < -0.4 is 5.32 Å². The molecule has 2 heterocycles. The zero-order valence-electron chi connectivity index (χ0n) is 21.9. The van der Waals surface area contributed by atoms with E-state index in [1.165, 1.54) is 17.3 Å². The van der Waals surface area contributed by atoms with Crippen LogP contribution in [0.1, 0.15) is 80.3 Å². The number of nitrogens with one attached hydrogen (secondary N) is 2. The van der Waals surface area contributed by atoms with E-state index in [9.17, 15) is 9.59 Å². The maximum absolute atomic E-state index is 13.0. The standard InChI is InChI=1S/C28H36N6O2/c1-19(35)34-14-12-28(13-15-34,33(4)5)21-6-7-24(32-26(36)25-30-18-22(17-29)31-25)23(16-21)20-8-10-27(2,3)11-9-20/h6-8,16,18H,9-15H2,1-5H3,(H,30,31)(H,32,36). The Kier molecular flexibility index (Phi) is 7.05. The van der Waals surface area contributed by atoms with Crippen LogP contribution in [0.25, 0.3) is 5.57 Å². The highest BCUT2D eigenvalue weighted by molar-refractivity contribution is 6.03. The van der Waals surface area contributed by atoms with Crippen LogP contribution in [0.15, 0.2) is 30.5 Å². The van der Waals surface area contributed by atoms with E-state index >= 15 is 0 Å². The Hall–Kier alpha value is -3.44. The van der Waals surface area contributed by atoms with Crippen LogP contribution in [-0.4, -0.2) is 58.8 Å². The molecule has 190 valence electrons. The zero-order chi connectivity index (χ0) is 26.1. The Morgan fingerprint density at radius 3 is 2.47 bits per heavy atom. The summed E-state index contributed by atoms with van der Waals surface area (Å²) in [5, 5.41) is 12.1. The summed E-state index contributed by atoms with van der Waals surface area (Å²) in [6, 6.07) is 8.28. The van der Waals surface area contributed by atoms with Gasteiger partial charge in [-0.05, 0) is 74.9 Å². The second-order valence-corrected chi connectivity index (χ2v) is 11.0. The van der Waals surface area contributed by atoms with Crippen molar-refractivity contribution in [1.82, 2.24) is 19.8 Å². The third-order valence-corrected chi connectivity index (χ3v) is 7.93. The van der Waals surface area contributed by atoms with Gasteiger partial charge in [-0.25, -0.2) is 4.98 Å². The smallest absolute Gasteiger partial charge is 0.291 e. The molecule has 1 fully saturated rings. The van der Waals surface area contributed by atoms with Gasteiger partial charge in [-0.1, -0.05) is 26.0 Å². The van der Waals surface area contributed by atoms with Gasteiger partial charge in [0.05, 0.1) is 6.20 Å². The molecule has 1 aliphatic carbocycles. The van der Waals surface area contributed by atoms with Crippen molar-refractivity contribution in [1.29, 1.82) is 5.26 Å². The summed E-state index contributed by atoms with van der Waals surface area (Å²) < 4.78 is 0. The van der Waals surface area contributed by atoms with Gasteiger partial charge in [0, 0.05) is 36.8 Å². The largest absolute Gasteiger partial charge is 0.343 e. The molecule has 0 atom stereocenters. The number of anilines is 1. The number of hydrogen-bond acceptors (Lipinski definition) is 5. The number of allylic oxidation sites excluding steroid dienone is 2. The Morgan fingerprint density at radius 1 is 1.19 bits per heavy atom. The molecular formula is C28H36N6O2. The number of aromatic amines is 1. The molecule has 1 aliphatic heterocycles.